The first-order valence-corrected chi connectivity index (χ1v) is 9.94. The number of nitrogens with one attached hydrogen (secondary N) is 3. The summed E-state index contributed by atoms with van der Waals surface area (Å²) >= 11 is 0. The average molecular weight is 435 g/mol. The number of hydrogen-bond acceptors (Lipinski definition) is 6. The molecule has 8 nitrogen and oxygen atoms in total. The lowest BCUT2D eigenvalue weighted by Gasteiger charge is -2.20. The fourth-order valence-corrected chi connectivity index (χ4v) is 3.23. The molecule has 3 rings (SSSR count). The predicted molar refractivity (Wildman–Crippen MR) is 112 cm³/mol. The summed E-state index contributed by atoms with van der Waals surface area (Å²) in [5, 5.41) is 13.0. The maximum Gasteiger partial charge on any atom is 0.421 e. The SMILES string of the molecule is CCCN(CCC)C(=O)c1n[nH]c2cc(Nc3ncc(C(F)(F)F)c(NC)n3)ccc12. The van der Waals surface area contributed by atoms with Crippen LogP contribution in [0.1, 0.15) is 42.7 Å². The van der Waals surface area contributed by atoms with Crippen LogP contribution >= 0.6 is 0 Å². The number of nitrogens with zero attached hydrogens (tertiary/aromatic N) is 4. The Bertz CT molecular complexity index is 1060. The van der Waals surface area contributed by atoms with Crippen LogP contribution in [0.3, 0.4) is 0 Å². The summed E-state index contributed by atoms with van der Waals surface area (Å²) in [6, 6.07) is 5.12. The van der Waals surface area contributed by atoms with Gasteiger partial charge in [-0.2, -0.15) is 23.3 Å². The molecule has 11 heteroatoms. The second-order valence-electron chi connectivity index (χ2n) is 6.95. The molecule has 0 saturated heterocycles. The van der Waals surface area contributed by atoms with Crippen LogP contribution < -0.4 is 10.6 Å². The van der Waals surface area contributed by atoms with Crippen LogP contribution in [0.15, 0.2) is 24.4 Å². The van der Waals surface area contributed by atoms with Crippen molar-refractivity contribution < 1.29 is 18.0 Å². The summed E-state index contributed by atoms with van der Waals surface area (Å²) in [4.78, 5) is 22.3. The number of anilines is 3. The summed E-state index contributed by atoms with van der Waals surface area (Å²) in [5.41, 5.74) is 0.543. The number of carbonyl (C=O) groups is 1. The number of hydrogen-bond donors (Lipinski definition) is 3. The van der Waals surface area contributed by atoms with Gasteiger partial charge in [0.2, 0.25) is 5.95 Å². The maximum absolute atomic E-state index is 13.0. The van der Waals surface area contributed by atoms with Gasteiger partial charge in [0, 0.05) is 37.4 Å². The van der Waals surface area contributed by atoms with Gasteiger partial charge in [-0.15, -0.1) is 0 Å². The van der Waals surface area contributed by atoms with Gasteiger partial charge in [-0.1, -0.05) is 13.8 Å². The van der Waals surface area contributed by atoms with Crippen LogP contribution in [0.2, 0.25) is 0 Å². The van der Waals surface area contributed by atoms with Crippen molar-refractivity contribution in [3.63, 3.8) is 0 Å². The minimum atomic E-state index is -4.56. The number of carbonyl (C=O) groups excluding carboxylic acids is 1. The summed E-state index contributed by atoms with van der Waals surface area (Å²) in [6.45, 7) is 5.33. The van der Waals surface area contributed by atoms with E-state index in [-0.39, 0.29) is 17.7 Å². The lowest BCUT2D eigenvalue weighted by atomic mass is 10.1. The smallest absolute Gasteiger partial charge is 0.372 e. The highest BCUT2D eigenvalue weighted by Crippen LogP contribution is 2.34. The Morgan fingerprint density at radius 3 is 2.52 bits per heavy atom. The number of amides is 1. The molecule has 3 aromatic rings. The molecule has 0 bridgehead atoms. The molecule has 0 atom stereocenters. The fraction of sp³-hybridized carbons (Fsp3) is 0.400. The molecule has 0 spiro atoms. The van der Waals surface area contributed by atoms with Gasteiger partial charge in [-0.25, -0.2) is 4.98 Å². The van der Waals surface area contributed by atoms with Gasteiger partial charge in [-0.3, -0.25) is 9.89 Å². The van der Waals surface area contributed by atoms with Crippen molar-refractivity contribution in [3.8, 4) is 0 Å². The van der Waals surface area contributed by atoms with E-state index in [2.05, 4.69) is 30.8 Å². The standard InChI is InChI=1S/C20H24F3N7O/c1-4-8-30(9-5-2)18(31)16-13-7-6-12(10-15(13)28-29-16)26-19-25-11-14(20(21,22)23)17(24-3)27-19/h6-7,10-11H,4-5,8-9H2,1-3H3,(H,28,29)(H2,24,25,26,27). The maximum atomic E-state index is 13.0. The highest BCUT2D eigenvalue weighted by Gasteiger charge is 2.35. The third kappa shape index (κ3) is 4.86. The first-order valence-electron chi connectivity index (χ1n) is 9.94. The molecule has 0 aliphatic rings. The third-order valence-corrected chi connectivity index (χ3v) is 4.63. The number of benzene rings is 1. The van der Waals surface area contributed by atoms with E-state index in [1.807, 2.05) is 13.8 Å². The van der Waals surface area contributed by atoms with Gasteiger partial charge < -0.3 is 15.5 Å². The molecule has 1 amide bonds. The molecule has 0 aliphatic heterocycles. The highest BCUT2D eigenvalue weighted by molar-refractivity contribution is 6.05. The monoisotopic (exact) mass is 435 g/mol. The van der Waals surface area contributed by atoms with Gasteiger partial charge in [-0.05, 0) is 31.0 Å². The molecular formula is C20H24F3N7O. The van der Waals surface area contributed by atoms with Crippen LogP contribution in [0.25, 0.3) is 10.9 Å². The molecule has 0 radical (unpaired) electrons. The van der Waals surface area contributed by atoms with Gasteiger partial charge in [0.1, 0.15) is 11.4 Å². The van der Waals surface area contributed by atoms with Gasteiger partial charge in [0.15, 0.2) is 5.69 Å². The lowest BCUT2D eigenvalue weighted by molar-refractivity contribution is -0.137. The van der Waals surface area contributed by atoms with Crippen LogP contribution in [0.5, 0.6) is 0 Å². The van der Waals surface area contributed by atoms with E-state index in [0.29, 0.717) is 35.4 Å². The van der Waals surface area contributed by atoms with Gasteiger partial charge in [0.25, 0.3) is 5.91 Å². The Balaban J connectivity index is 1.85. The Hall–Kier alpha value is -3.37. The molecule has 0 fully saturated rings. The number of aromatic nitrogens is 4. The second kappa shape index (κ2) is 9.19. The van der Waals surface area contributed by atoms with Crippen molar-refractivity contribution in [3.05, 3.63) is 35.7 Å². The Labute approximate surface area is 177 Å². The normalized spacial score (nSPS) is 11.5. The molecule has 0 unspecified atom stereocenters. The van der Waals surface area contributed by atoms with E-state index in [4.69, 9.17) is 0 Å². The minimum Gasteiger partial charge on any atom is -0.372 e. The number of aromatic amines is 1. The summed E-state index contributed by atoms with van der Waals surface area (Å²) in [5.74, 6) is -0.461. The number of fused-ring (bicyclic) bond motifs is 1. The lowest BCUT2D eigenvalue weighted by Crippen LogP contribution is -2.32. The van der Waals surface area contributed by atoms with Crippen molar-refractivity contribution in [2.75, 3.05) is 30.8 Å². The zero-order valence-electron chi connectivity index (χ0n) is 17.5. The second-order valence-corrected chi connectivity index (χ2v) is 6.95. The number of H-pyrrole nitrogens is 1. The Kier molecular flexibility index (Phi) is 6.62. The van der Waals surface area contributed by atoms with Crippen molar-refractivity contribution >= 4 is 34.3 Å². The molecule has 0 aliphatic carbocycles. The molecule has 2 heterocycles. The number of alkyl halides is 3. The van der Waals surface area contributed by atoms with E-state index in [9.17, 15) is 18.0 Å². The largest absolute Gasteiger partial charge is 0.421 e. The van der Waals surface area contributed by atoms with Crippen molar-refractivity contribution in [2.45, 2.75) is 32.9 Å². The molecule has 2 aromatic heterocycles. The average Bonchev–Trinajstić information content (AvgIpc) is 3.15. The molecule has 3 N–H and O–H groups in total. The van der Waals surface area contributed by atoms with Gasteiger partial charge >= 0.3 is 6.18 Å². The first kappa shape index (κ1) is 22.3. The van der Waals surface area contributed by atoms with E-state index < -0.39 is 11.7 Å². The predicted octanol–water partition coefficient (Wildman–Crippen LogP) is 4.42. The molecular weight excluding hydrogens is 411 g/mol. The quantitative estimate of drug-likeness (QED) is 0.485. The molecule has 1 aromatic carbocycles. The van der Waals surface area contributed by atoms with Crippen LogP contribution in [0.4, 0.5) is 30.6 Å². The van der Waals surface area contributed by atoms with Crippen LogP contribution in [0, 0.1) is 0 Å². The Morgan fingerprint density at radius 2 is 1.90 bits per heavy atom. The topological polar surface area (TPSA) is 98.8 Å². The third-order valence-electron chi connectivity index (χ3n) is 4.63. The fourth-order valence-electron chi connectivity index (χ4n) is 3.23. The Morgan fingerprint density at radius 1 is 1.19 bits per heavy atom. The van der Waals surface area contributed by atoms with E-state index in [1.165, 1.54) is 7.05 Å². The van der Waals surface area contributed by atoms with Crippen molar-refractivity contribution in [1.29, 1.82) is 0 Å². The summed E-state index contributed by atoms with van der Waals surface area (Å²) < 4.78 is 39.0. The first-order chi connectivity index (χ1) is 14.8. The zero-order valence-corrected chi connectivity index (χ0v) is 17.5. The van der Waals surface area contributed by atoms with E-state index in [1.54, 1.807) is 23.1 Å². The van der Waals surface area contributed by atoms with E-state index >= 15 is 0 Å². The minimum absolute atomic E-state index is 0.00424. The molecule has 0 saturated carbocycles. The zero-order chi connectivity index (χ0) is 22.6. The van der Waals surface area contributed by atoms with Crippen LogP contribution in [-0.4, -0.2) is 51.1 Å². The summed E-state index contributed by atoms with van der Waals surface area (Å²) in [7, 11) is 1.36. The molecule has 166 valence electrons. The highest BCUT2D eigenvalue weighted by atomic mass is 19.4. The summed E-state index contributed by atoms with van der Waals surface area (Å²) in [6.07, 6.45) is -2.13. The van der Waals surface area contributed by atoms with Crippen molar-refractivity contribution in [2.24, 2.45) is 0 Å². The van der Waals surface area contributed by atoms with E-state index in [0.717, 1.165) is 19.0 Å². The molecule has 31 heavy (non-hydrogen) atoms. The van der Waals surface area contributed by atoms with Gasteiger partial charge in [0.05, 0.1) is 5.52 Å². The van der Waals surface area contributed by atoms with Crippen molar-refractivity contribution in [1.82, 2.24) is 25.1 Å². The van der Waals surface area contributed by atoms with Crippen LogP contribution in [-0.2, 0) is 6.18 Å². The number of halogens is 3. The number of rotatable bonds is 8.